The van der Waals surface area contributed by atoms with Gasteiger partial charge in [0.15, 0.2) is 0 Å². The van der Waals surface area contributed by atoms with Crippen LogP contribution in [-0.2, 0) is 5.60 Å². The Morgan fingerprint density at radius 2 is 2.12 bits per heavy atom. The van der Waals surface area contributed by atoms with Crippen molar-refractivity contribution >= 4 is 0 Å². The van der Waals surface area contributed by atoms with E-state index < -0.39 is 5.60 Å². The van der Waals surface area contributed by atoms with Crippen molar-refractivity contribution in [1.29, 1.82) is 0 Å². The van der Waals surface area contributed by atoms with Gasteiger partial charge in [0, 0.05) is 11.6 Å². The van der Waals surface area contributed by atoms with E-state index in [4.69, 9.17) is 0 Å². The number of aliphatic hydroxyl groups is 1. The lowest BCUT2D eigenvalue weighted by atomic mass is 9.62. The Hall–Kier alpha value is -0.890. The Balaban J connectivity index is 2.02. The van der Waals surface area contributed by atoms with E-state index in [9.17, 15) is 5.11 Å². The molecule has 2 heteroatoms. The molecule has 0 aromatic carbocycles. The van der Waals surface area contributed by atoms with Crippen molar-refractivity contribution in [3.63, 3.8) is 0 Å². The molecule has 0 saturated heterocycles. The molecular weight excluding hydrogens is 210 g/mol. The van der Waals surface area contributed by atoms with Gasteiger partial charge in [0.2, 0.25) is 0 Å². The number of pyridine rings is 1. The highest BCUT2D eigenvalue weighted by Crippen LogP contribution is 2.61. The second-order valence-electron chi connectivity index (χ2n) is 5.97. The minimum absolute atomic E-state index is 0.0413. The Labute approximate surface area is 103 Å². The number of nitrogens with zero attached hydrogens (tertiary/aromatic N) is 1. The lowest BCUT2D eigenvalue weighted by Crippen LogP contribution is -2.44. The number of aromatic nitrogens is 1. The van der Waals surface area contributed by atoms with Gasteiger partial charge in [-0.3, -0.25) is 4.98 Å². The number of rotatable bonds is 1. The first-order chi connectivity index (χ1) is 8.17. The van der Waals surface area contributed by atoms with Gasteiger partial charge in [-0.2, -0.15) is 0 Å². The first-order valence-electron chi connectivity index (χ1n) is 6.81. The molecule has 92 valence electrons. The summed E-state index contributed by atoms with van der Waals surface area (Å²) in [5, 5.41) is 11.2. The third-order valence-corrected chi connectivity index (χ3v) is 5.29. The van der Waals surface area contributed by atoms with Crippen LogP contribution in [0.1, 0.15) is 51.1 Å². The second-order valence-corrected chi connectivity index (χ2v) is 5.97. The van der Waals surface area contributed by atoms with Crippen molar-refractivity contribution in [2.75, 3.05) is 0 Å². The molecule has 0 bridgehead atoms. The maximum absolute atomic E-state index is 11.2. The van der Waals surface area contributed by atoms with Gasteiger partial charge >= 0.3 is 0 Å². The molecule has 3 atom stereocenters. The highest BCUT2D eigenvalue weighted by atomic mass is 16.3. The van der Waals surface area contributed by atoms with Gasteiger partial charge in [-0.15, -0.1) is 0 Å². The molecule has 0 aliphatic heterocycles. The molecular formula is C15H21NO. The van der Waals surface area contributed by atoms with Crippen LogP contribution in [0.4, 0.5) is 0 Å². The van der Waals surface area contributed by atoms with Crippen LogP contribution in [0.25, 0.3) is 0 Å². The van der Waals surface area contributed by atoms with Crippen molar-refractivity contribution in [3.8, 4) is 0 Å². The first-order valence-corrected chi connectivity index (χ1v) is 6.81. The molecule has 0 amide bonds. The van der Waals surface area contributed by atoms with E-state index in [1.165, 1.54) is 19.3 Å². The lowest BCUT2D eigenvalue weighted by Gasteiger charge is -2.45. The third kappa shape index (κ3) is 1.46. The summed E-state index contributed by atoms with van der Waals surface area (Å²) in [5.74, 6) is 0.684. The number of hydrogen-bond donors (Lipinski definition) is 1. The van der Waals surface area contributed by atoms with E-state index in [1.54, 1.807) is 6.20 Å². The predicted molar refractivity (Wildman–Crippen MR) is 67.4 cm³/mol. The molecule has 1 aromatic heterocycles. The molecule has 2 aliphatic rings. The summed E-state index contributed by atoms with van der Waals surface area (Å²) in [4.78, 5) is 4.42. The van der Waals surface area contributed by atoms with E-state index in [0.717, 1.165) is 25.0 Å². The zero-order valence-electron chi connectivity index (χ0n) is 10.5. The fourth-order valence-corrected chi connectivity index (χ4v) is 4.11. The minimum Gasteiger partial charge on any atom is -0.383 e. The van der Waals surface area contributed by atoms with Crippen LogP contribution in [0.2, 0.25) is 0 Å². The number of fused-ring (bicyclic) bond motifs is 1. The molecule has 3 rings (SSSR count). The van der Waals surface area contributed by atoms with E-state index in [1.807, 2.05) is 18.2 Å². The van der Waals surface area contributed by atoms with Gasteiger partial charge in [-0.25, -0.2) is 0 Å². The van der Waals surface area contributed by atoms with Crippen LogP contribution in [0.3, 0.4) is 0 Å². The molecule has 0 radical (unpaired) electrons. The van der Waals surface area contributed by atoms with Gasteiger partial charge < -0.3 is 5.11 Å². The zero-order chi connectivity index (χ0) is 11.9. The summed E-state index contributed by atoms with van der Waals surface area (Å²) >= 11 is 0. The standard InChI is InChI=1S/C15H21NO/c1-14-9-4-2-6-12(14)8-10-15(14,17)13-7-3-5-11-16-13/h3,5,7,11-12,17H,2,4,6,8-10H2,1H3. The average Bonchev–Trinajstić information content (AvgIpc) is 2.65. The highest BCUT2D eigenvalue weighted by Gasteiger charge is 2.58. The van der Waals surface area contributed by atoms with Crippen molar-refractivity contribution < 1.29 is 5.11 Å². The van der Waals surface area contributed by atoms with Crippen LogP contribution in [0.15, 0.2) is 24.4 Å². The van der Waals surface area contributed by atoms with Gasteiger partial charge in [0.25, 0.3) is 0 Å². The minimum atomic E-state index is -0.695. The smallest absolute Gasteiger partial charge is 0.112 e. The summed E-state index contributed by atoms with van der Waals surface area (Å²) in [6, 6.07) is 5.89. The topological polar surface area (TPSA) is 33.1 Å². The van der Waals surface area contributed by atoms with E-state index in [0.29, 0.717) is 5.92 Å². The Morgan fingerprint density at radius 1 is 1.24 bits per heavy atom. The van der Waals surface area contributed by atoms with Crippen molar-refractivity contribution in [2.24, 2.45) is 11.3 Å². The second kappa shape index (κ2) is 3.81. The van der Waals surface area contributed by atoms with Crippen LogP contribution < -0.4 is 0 Å². The normalized spacial score (nSPS) is 41.2. The Morgan fingerprint density at radius 3 is 2.88 bits per heavy atom. The molecule has 2 fully saturated rings. The summed E-state index contributed by atoms with van der Waals surface area (Å²) in [6.45, 7) is 2.28. The molecule has 17 heavy (non-hydrogen) atoms. The summed E-state index contributed by atoms with van der Waals surface area (Å²) in [5.41, 5.74) is 0.228. The van der Waals surface area contributed by atoms with Gasteiger partial charge in [0.1, 0.15) is 5.60 Å². The molecule has 1 heterocycles. The SMILES string of the molecule is CC12CCCCC1CCC2(O)c1ccccn1. The Bertz CT molecular complexity index is 405. The molecule has 1 N–H and O–H groups in total. The maximum Gasteiger partial charge on any atom is 0.112 e. The third-order valence-electron chi connectivity index (χ3n) is 5.29. The molecule has 0 spiro atoms. The fraction of sp³-hybridized carbons (Fsp3) is 0.667. The van der Waals surface area contributed by atoms with Crippen LogP contribution >= 0.6 is 0 Å². The van der Waals surface area contributed by atoms with Crippen molar-refractivity contribution in [3.05, 3.63) is 30.1 Å². The first kappa shape index (κ1) is 11.2. The summed E-state index contributed by atoms with van der Waals surface area (Å²) in [6.07, 6.45) is 8.85. The molecule has 2 aliphatic carbocycles. The van der Waals surface area contributed by atoms with Gasteiger partial charge in [0.05, 0.1) is 5.69 Å². The molecule has 1 aromatic rings. The average molecular weight is 231 g/mol. The summed E-state index contributed by atoms with van der Waals surface area (Å²) < 4.78 is 0. The Kier molecular flexibility index (Phi) is 2.51. The van der Waals surface area contributed by atoms with Crippen molar-refractivity contribution in [1.82, 2.24) is 4.98 Å². The number of hydrogen-bond acceptors (Lipinski definition) is 2. The predicted octanol–water partition coefficient (Wildman–Crippen LogP) is 3.26. The van der Waals surface area contributed by atoms with E-state index >= 15 is 0 Å². The summed E-state index contributed by atoms with van der Waals surface area (Å²) in [7, 11) is 0. The van der Waals surface area contributed by atoms with Crippen LogP contribution in [-0.4, -0.2) is 10.1 Å². The van der Waals surface area contributed by atoms with Gasteiger partial charge in [-0.05, 0) is 43.7 Å². The highest BCUT2D eigenvalue weighted by molar-refractivity contribution is 5.21. The molecule has 2 saturated carbocycles. The maximum atomic E-state index is 11.2. The van der Waals surface area contributed by atoms with E-state index in [-0.39, 0.29) is 5.41 Å². The fourth-order valence-electron chi connectivity index (χ4n) is 4.11. The lowest BCUT2D eigenvalue weighted by molar-refractivity contribution is -0.0933. The quantitative estimate of drug-likeness (QED) is 0.804. The monoisotopic (exact) mass is 231 g/mol. The van der Waals surface area contributed by atoms with Crippen molar-refractivity contribution in [2.45, 2.75) is 51.0 Å². The van der Waals surface area contributed by atoms with E-state index in [2.05, 4.69) is 11.9 Å². The van der Waals surface area contributed by atoms with Crippen LogP contribution in [0.5, 0.6) is 0 Å². The zero-order valence-corrected chi connectivity index (χ0v) is 10.5. The molecule has 3 unspecified atom stereocenters. The van der Waals surface area contributed by atoms with Crippen LogP contribution in [0, 0.1) is 11.3 Å². The largest absolute Gasteiger partial charge is 0.383 e. The van der Waals surface area contributed by atoms with Gasteiger partial charge in [-0.1, -0.05) is 25.8 Å². The molecule has 2 nitrogen and oxygen atoms in total.